The minimum absolute atomic E-state index is 0.632. The fraction of sp³-hybridized carbons (Fsp3) is 0.300. The number of hydrogen-bond donors (Lipinski definition) is 2. The monoisotopic (exact) mass is 189 g/mol. The second-order valence-electron chi connectivity index (χ2n) is 2.83. The number of nitrogens with zero attached hydrogens (tertiary/aromatic N) is 1. The van der Waals surface area contributed by atoms with Crippen molar-refractivity contribution in [3.05, 3.63) is 24.0 Å². The molecule has 72 valence electrons. The third-order valence-corrected chi connectivity index (χ3v) is 1.87. The molecule has 0 atom stereocenters. The summed E-state index contributed by atoms with van der Waals surface area (Å²) in [6.45, 7) is 5.92. The van der Waals surface area contributed by atoms with Crippen LogP contribution in [0.5, 0.6) is 0 Å². The number of aryl methyl sites for hydroxylation is 1. The van der Waals surface area contributed by atoms with Gasteiger partial charge in [0.2, 0.25) is 0 Å². The van der Waals surface area contributed by atoms with E-state index < -0.39 is 0 Å². The molecule has 2 radical (unpaired) electrons. The van der Waals surface area contributed by atoms with E-state index in [0.717, 1.165) is 15.8 Å². The van der Waals surface area contributed by atoms with Crippen LogP contribution in [0.25, 0.3) is 11.0 Å². The van der Waals surface area contributed by atoms with Crippen LogP contribution in [0.15, 0.2) is 18.3 Å². The molecule has 0 aliphatic rings. The number of pyridine rings is 1. The predicted octanol–water partition coefficient (Wildman–Crippen LogP) is 0.821. The first kappa shape index (κ1) is 10.6. The minimum Gasteiger partial charge on any atom is -0.350 e. The maximum absolute atomic E-state index is 9.34. The van der Waals surface area contributed by atoms with Gasteiger partial charge < -0.3 is 5.21 Å². The number of aromatic amines is 1. The van der Waals surface area contributed by atoms with Gasteiger partial charge in [0.15, 0.2) is 0 Å². The molecule has 0 bridgehead atoms. The third-order valence-electron chi connectivity index (χ3n) is 1.87. The summed E-state index contributed by atoms with van der Waals surface area (Å²) in [7, 11) is 5.69. The molecular weight excluding hydrogens is 175 g/mol. The predicted molar refractivity (Wildman–Crippen MR) is 57.2 cm³/mol. The Morgan fingerprint density at radius 1 is 1.43 bits per heavy atom. The van der Waals surface area contributed by atoms with Crippen LogP contribution in [-0.4, -0.2) is 18.0 Å². The summed E-state index contributed by atoms with van der Waals surface area (Å²) in [4.78, 5) is 3.00. The average Bonchev–Trinajstić information content (AvgIpc) is 2.58. The quantitative estimate of drug-likeness (QED) is 0.359. The molecule has 14 heavy (non-hydrogen) atoms. The topological polar surface area (TPSA) is 39.9 Å². The molecule has 0 aromatic carbocycles. The summed E-state index contributed by atoms with van der Waals surface area (Å²) in [6, 6.07) is 3.56. The van der Waals surface area contributed by atoms with Gasteiger partial charge in [0, 0.05) is 0 Å². The molecule has 0 aliphatic heterocycles. The lowest BCUT2D eigenvalue weighted by atomic mass is 9.94. The molecule has 0 saturated carbocycles. The van der Waals surface area contributed by atoms with E-state index in [4.69, 9.17) is 7.85 Å². The molecule has 0 saturated heterocycles. The lowest BCUT2D eigenvalue weighted by molar-refractivity contribution is -0.885. The van der Waals surface area contributed by atoms with Crippen LogP contribution in [0, 0.1) is 6.92 Å². The van der Waals surface area contributed by atoms with Crippen LogP contribution in [0.1, 0.15) is 19.5 Å². The zero-order valence-corrected chi connectivity index (χ0v) is 8.70. The van der Waals surface area contributed by atoms with Crippen LogP contribution in [-0.2, 0) is 0 Å². The first-order valence-corrected chi connectivity index (χ1v) is 4.67. The van der Waals surface area contributed by atoms with Crippen molar-refractivity contribution in [3.63, 3.8) is 0 Å². The summed E-state index contributed by atoms with van der Waals surface area (Å²) >= 11 is 0. The second kappa shape index (κ2) is 4.18. The van der Waals surface area contributed by atoms with Crippen LogP contribution >= 0.6 is 0 Å². The van der Waals surface area contributed by atoms with Gasteiger partial charge in [0.05, 0.1) is 11.1 Å². The van der Waals surface area contributed by atoms with Gasteiger partial charge in [0.25, 0.3) is 0 Å². The molecule has 0 amide bonds. The van der Waals surface area contributed by atoms with Crippen LogP contribution in [0.4, 0.5) is 0 Å². The standard InChI is InChI=1S/C8H7BN2O.C2H6/c1-5-4-6-7(9)2-3-11(12)8(6)10-5;1-2/h2-4,12H,1H3;1-2H3/p+1. The highest BCUT2D eigenvalue weighted by atomic mass is 16.5. The lowest BCUT2D eigenvalue weighted by Crippen LogP contribution is -2.32. The van der Waals surface area contributed by atoms with Crippen molar-refractivity contribution in [1.82, 2.24) is 4.98 Å². The Hall–Kier alpha value is -1.45. The van der Waals surface area contributed by atoms with Crippen molar-refractivity contribution < 1.29 is 9.94 Å². The number of rotatable bonds is 0. The number of nitrogens with one attached hydrogen (secondary N) is 1. The van der Waals surface area contributed by atoms with Gasteiger partial charge in [-0.25, -0.2) is 4.98 Å². The first-order valence-electron chi connectivity index (χ1n) is 4.67. The Labute approximate surface area is 84.8 Å². The first-order chi connectivity index (χ1) is 6.68. The fourth-order valence-electron chi connectivity index (χ4n) is 1.29. The molecule has 2 rings (SSSR count). The van der Waals surface area contributed by atoms with Crippen molar-refractivity contribution in [2.75, 3.05) is 0 Å². The summed E-state index contributed by atoms with van der Waals surface area (Å²) in [5.74, 6) is 0. The van der Waals surface area contributed by atoms with Gasteiger partial charge in [-0.05, 0) is 19.1 Å². The summed E-state index contributed by atoms with van der Waals surface area (Å²) < 4.78 is 1.03. The van der Waals surface area contributed by atoms with E-state index in [9.17, 15) is 5.21 Å². The molecule has 0 aliphatic carbocycles. The van der Waals surface area contributed by atoms with E-state index in [0.29, 0.717) is 11.1 Å². The summed E-state index contributed by atoms with van der Waals surface area (Å²) in [5.41, 5.74) is 2.28. The Morgan fingerprint density at radius 2 is 2.07 bits per heavy atom. The normalized spacial score (nSPS) is 9.64. The molecule has 3 nitrogen and oxygen atoms in total. The van der Waals surface area contributed by atoms with E-state index >= 15 is 0 Å². The summed E-state index contributed by atoms with van der Waals surface area (Å²) in [5, 5.41) is 10.2. The van der Waals surface area contributed by atoms with Gasteiger partial charge in [0.1, 0.15) is 14.0 Å². The molecular formula is C10H14BN2O+. The Morgan fingerprint density at radius 3 is 2.64 bits per heavy atom. The van der Waals surface area contributed by atoms with Crippen molar-refractivity contribution in [2.24, 2.45) is 0 Å². The molecule has 0 spiro atoms. The third kappa shape index (κ3) is 1.74. The van der Waals surface area contributed by atoms with Crippen LogP contribution in [0.3, 0.4) is 0 Å². The Balaban J connectivity index is 0.000000461. The molecule has 0 fully saturated rings. The number of H-pyrrole nitrogens is 1. The molecule has 2 aromatic rings. The smallest absolute Gasteiger partial charge is 0.325 e. The Kier molecular flexibility index (Phi) is 3.17. The number of aromatic nitrogens is 2. The van der Waals surface area contributed by atoms with E-state index in [2.05, 4.69) is 4.98 Å². The zero-order valence-electron chi connectivity index (χ0n) is 8.70. The number of fused-ring (bicyclic) bond motifs is 1. The van der Waals surface area contributed by atoms with E-state index in [1.54, 1.807) is 6.07 Å². The molecule has 2 aromatic heterocycles. The average molecular weight is 189 g/mol. The summed E-state index contributed by atoms with van der Waals surface area (Å²) in [6.07, 6.45) is 1.51. The SMILES string of the molecule is CC.[B]c1cc[n+](O)c2[nH]c(C)cc12. The van der Waals surface area contributed by atoms with Crippen LogP contribution < -0.4 is 10.2 Å². The molecule has 4 heteroatoms. The molecule has 2 heterocycles. The van der Waals surface area contributed by atoms with Crippen molar-refractivity contribution >= 4 is 24.3 Å². The highest BCUT2D eigenvalue weighted by Gasteiger charge is 2.10. The van der Waals surface area contributed by atoms with Gasteiger partial charge in [-0.3, -0.25) is 0 Å². The van der Waals surface area contributed by atoms with Gasteiger partial charge in [-0.1, -0.05) is 24.0 Å². The number of hydrogen-bond acceptors (Lipinski definition) is 1. The maximum atomic E-state index is 9.34. The zero-order chi connectivity index (χ0) is 10.7. The lowest BCUT2D eigenvalue weighted by Gasteiger charge is -1.92. The highest BCUT2D eigenvalue weighted by Crippen LogP contribution is 2.06. The highest BCUT2D eigenvalue weighted by molar-refractivity contribution is 6.38. The second-order valence-corrected chi connectivity index (χ2v) is 2.83. The van der Waals surface area contributed by atoms with Gasteiger partial charge in [-0.2, -0.15) is 0 Å². The maximum Gasteiger partial charge on any atom is 0.325 e. The van der Waals surface area contributed by atoms with Gasteiger partial charge >= 0.3 is 5.65 Å². The molecule has 2 N–H and O–H groups in total. The minimum atomic E-state index is 0.632. The van der Waals surface area contributed by atoms with E-state index in [1.165, 1.54) is 6.20 Å². The van der Waals surface area contributed by atoms with Crippen molar-refractivity contribution in [2.45, 2.75) is 20.8 Å². The van der Waals surface area contributed by atoms with Crippen molar-refractivity contribution in [1.29, 1.82) is 0 Å². The van der Waals surface area contributed by atoms with Crippen LogP contribution in [0.2, 0.25) is 0 Å². The van der Waals surface area contributed by atoms with Crippen molar-refractivity contribution in [3.8, 4) is 0 Å². The fourth-order valence-corrected chi connectivity index (χ4v) is 1.29. The van der Waals surface area contributed by atoms with Gasteiger partial charge in [-0.15, -0.1) is 0 Å². The van der Waals surface area contributed by atoms with E-state index in [-0.39, 0.29) is 0 Å². The van der Waals surface area contributed by atoms with E-state index in [1.807, 2.05) is 26.8 Å². The molecule has 0 unspecified atom stereocenters. The largest absolute Gasteiger partial charge is 0.350 e. The Bertz CT molecular complexity index is 398.